The van der Waals surface area contributed by atoms with E-state index in [0.717, 1.165) is 26.9 Å². The Kier molecular flexibility index (Phi) is 2.65. The van der Waals surface area contributed by atoms with Crippen molar-refractivity contribution in [1.82, 2.24) is 19.8 Å². The van der Waals surface area contributed by atoms with Crippen LogP contribution >= 0.6 is 11.3 Å². The average Bonchev–Trinajstić information content (AvgIpc) is 3.15. The Morgan fingerprint density at radius 1 is 1.05 bits per heavy atom. The van der Waals surface area contributed by atoms with Crippen molar-refractivity contribution in [2.45, 2.75) is 13.8 Å². The van der Waals surface area contributed by atoms with Gasteiger partial charge in [-0.25, -0.2) is 0 Å². The van der Waals surface area contributed by atoms with Crippen LogP contribution in [-0.4, -0.2) is 19.8 Å². The highest BCUT2D eigenvalue weighted by molar-refractivity contribution is 7.19. The topological polar surface area (TPSA) is 56.2 Å². The third-order valence-electron chi connectivity index (χ3n) is 3.39. The first-order chi connectivity index (χ1) is 10.2. The van der Waals surface area contributed by atoms with Crippen LogP contribution in [0.3, 0.4) is 0 Å². The predicted molar refractivity (Wildman–Crippen MR) is 81.3 cm³/mol. The molecule has 0 radical (unpaired) electrons. The van der Waals surface area contributed by atoms with Crippen LogP contribution in [0.5, 0.6) is 0 Å². The van der Waals surface area contributed by atoms with Crippen molar-refractivity contribution in [2.75, 3.05) is 0 Å². The summed E-state index contributed by atoms with van der Waals surface area (Å²) in [6.45, 7) is 3.98. The molecule has 0 saturated carbocycles. The van der Waals surface area contributed by atoms with Gasteiger partial charge in [0.1, 0.15) is 10.8 Å². The number of rotatable bonds is 2. The van der Waals surface area contributed by atoms with Crippen molar-refractivity contribution in [3.05, 3.63) is 47.9 Å². The second-order valence-corrected chi connectivity index (χ2v) is 5.84. The Labute approximate surface area is 124 Å². The molecule has 21 heavy (non-hydrogen) atoms. The van der Waals surface area contributed by atoms with Gasteiger partial charge < -0.3 is 4.42 Å². The van der Waals surface area contributed by atoms with E-state index in [2.05, 4.69) is 46.5 Å². The summed E-state index contributed by atoms with van der Waals surface area (Å²) in [4.78, 5) is 0.779. The van der Waals surface area contributed by atoms with E-state index < -0.39 is 0 Å². The number of aromatic nitrogens is 4. The van der Waals surface area contributed by atoms with Gasteiger partial charge in [-0.2, -0.15) is 9.61 Å². The van der Waals surface area contributed by atoms with Gasteiger partial charge in [0.25, 0.3) is 0 Å². The lowest BCUT2D eigenvalue weighted by Gasteiger charge is -1.96. The van der Waals surface area contributed by atoms with Crippen molar-refractivity contribution in [2.24, 2.45) is 0 Å². The third-order valence-corrected chi connectivity index (χ3v) is 4.34. The normalized spacial score (nSPS) is 11.3. The molecule has 0 aliphatic carbocycles. The molecule has 0 spiro atoms. The predicted octanol–water partition coefficient (Wildman–Crippen LogP) is 3.73. The first-order valence-corrected chi connectivity index (χ1v) is 7.38. The minimum atomic E-state index is 0.714. The monoisotopic (exact) mass is 296 g/mol. The maximum Gasteiger partial charge on any atom is 0.235 e. The number of benzene rings is 1. The van der Waals surface area contributed by atoms with E-state index >= 15 is 0 Å². The van der Waals surface area contributed by atoms with Gasteiger partial charge in [-0.3, -0.25) is 0 Å². The van der Waals surface area contributed by atoms with Crippen molar-refractivity contribution < 1.29 is 4.42 Å². The lowest BCUT2D eigenvalue weighted by molar-refractivity contribution is 0.535. The highest BCUT2D eigenvalue weighted by Crippen LogP contribution is 2.29. The van der Waals surface area contributed by atoms with Crippen LogP contribution in [0.4, 0.5) is 0 Å². The summed E-state index contributed by atoms with van der Waals surface area (Å²) in [7, 11) is 0. The van der Waals surface area contributed by atoms with Gasteiger partial charge in [-0.15, -0.1) is 10.2 Å². The standard InChI is InChI=1S/C15H12N4OS/c1-9-3-5-11(6-4-9)14-18-19-13(16-17-15(19)21-14)12-7-8-20-10(12)2/h3-8H,1-2H3. The number of aryl methyl sites for hydroxylation is 2. The molecule has 3 heterocycles. The Balaban J connectivity index is 1.86. The molecule has 0 aliphatic rings. The summed E-state index contributed by atoms with van der Waals surface area (Å²) in [6.07, 6.45) is 1.65. The van der Waals surface area contributed by atoms with Crippen molar-refractivity contribution in [3.63, 3.8) is 0 Å². The van der Waals surface area contributed by atoms with Crippen molar-refractivity contribution in [1.29, 1.82) is 0 Å². The summed E-state index contributed by atoms with van der Waals surface area (Å²) in [6, 6.07) is 10.2. The van der Waals surface area contributed by atoms with Crippen LogP contribution in [0.2, 0.25) is 0 Å². The second-order valence-electron chi connectivity index (χ2n) is 4.88. The molecule has 6 heteroatoms. The summed E-state index contributed by atoms with van der Waals surface area (Å²) < 4.78 is 7.11. The molecular weight excluding hydrogens is 284 g/mol. The molecule has 0 N–H and O–H groups in total. The van der Waals surface area contributed by atoms with Crippen LogP contribution in [0, 0.1) is 13.8 Å². The first kappa shape index (κ1) is 12.3. The lowest BCUT2D eigenvalue weighted by Crippen LogP contribution is -1.91. The number of nitrogens with zero attached hydrogens (tertiary/aromatic N) is 4. The Morgan fingerprint density at radius 3 is 2.57 bits per heavy atom. The van der Waals surface area contributed by atoms with Gasteiger partial charge in [0.2, 0.25) is 4.96 Å². The van der Waals surface area contributed by atoms with Gasteiger partial charge in [-0.05, 0) is 19.9 Å². The molecule has 4 aromatic rings. The molecule has 1 aromatic carbocycles. The number of hydrogen-bond donors (Lipinski definition) is 0. The zero-order chi connectivity index (χ0) is 14.4. The van der Waals surface area contributed by atoms with Crippen LogP contribution < -0.4 is 0 Å². The smallest absolute Gasteiger partial charge is 0.235 e. The quantitative estimate of drug-likeness (QED) is 0.565. The largest absolute Gasteiger partial charge is 0.469 e. The summed E-state index contributed by atoms with van der Waals surface area (Å²) >= 11 is 1.53. The van der Waals surface area contributed by atoms with Gasteiger partial charge in [-0.1, -0.05) is 41.2 Å². The highest BCUT2D eigenvalue weighted by Gasteiger charge is 2.16. The summed E-state index contributed by atoms with van der Waals surface area (Å²) in [5.41, 5.74) is 3.24. The molecule has 4 rings (SSSR count). The molecule has 0 atom stereocenters. The van der Waals surface area contributed by atoms with Gasteiger partial charge >= 0.3 is 0 Å². The molecule has 0 aliphatic heterocycles. The van der Waals surface area contributed by atoms with E-state index in [-0.39, 0.29) is 0 Å². The zero-order valence-electron chi connectivity index (χ0n) is 11.6. The van der Waals surface area contributed by atoms with Crippen LogP contribution in [0.1, 0.15) is 11.3 Å². The van der Waals surface area contributed by atoms with Crippen LogP contribution in [0.15, 0.2) is 41.0 Å². The minimum Gasteiger partial charge on any atom is -0.469 e. The Morgan fingerprint density at radius 2 is 1.86 bits per heavy atom. The molecular formula is C15H12N4OS. The highest BCUT2D eigenvalue weighted by atomic mass is 32.1. The Hall–Kier alpha value is -2.47. The molecule has 3 aromatic heterocycles. The van der Waals surface area contributed by atoms with E-state index in [1.54, 1.807) is 10.8 Å². The van der Waals surface area contributed by atoms with Gasteiger partial charge in [0, 0.05) is 5.56 Å². The fourth-order valence-electron chi connectivity index (χ4n) is 2.21. The Bertz CT molecular complexity index is 917. The van der Waals surface area contributed by atoms with E-state index in [0.29, 0.717) is 5.82 Å². The number of furan rings is 1. The molecule has 0 bridgehead atoms. The summed E-state index contributed by atoms with van der Waals surface area (Å²) in [5.74, 6) is 1.53. The van der Waals surface area contributed by atoms with Crippen molar-refractivity contribution in [3.8, 4) is 22.0 Å². The maximum atomic E-state index is 5.34. The average molecular weight is 296 g/mol. The van der Waals surface area contributed by atoms with E-state index in [9.17, 15) is 0 Å². The molecule has 0 saturated heterocycles. The second kappa shape index (κ2) is 4.53. The summed E-state index contributed by atoms with van der Waals surface area (Å²) in [5, 5.41) is 14.0. The molecule has 5 nitrogen and oxygen atoms in total. The third kappa shape index (κ3) is 1.95. The minimum absolute atomic E-state index is 0.714. The fraction of sp³-hybridized carbons (Fsp3) is 0.133. The number of hydrogen-bond acceptors (Lipinski definition) is 5. The van der Waals surface area contributed by atoms with Gasteiger partial charge in [0.05, 0.1) is 11.8 Å². The van der Waals surface area contributed by atoms with E-state index in [1.807, 2.05) is 13.0 Å². The maximum absolute atomic E-state index is 5.34. The molecule has 0 unspecified atom stereocenters. The lowest BCUT2D eigenvalue weighted by atomic mass is 10.2. The molecule has 0 amide bonds. The van der Waals surface area contributed by atoms with E-state index in [4.69, 9.17) is 4.42 Å². The first-order valence-electron chi connectivity index (χ1n) is 6.56. The van der Waals surface area contributed by atoms with Gasteiger partial charge in [0.15, 0.2) is 5.82 Å². The van der Waals surface area contributed by atoms with Crippen molar-refractivity contribution >= 4 is 16.3 Å². The SMILES string of the molecule is Cc1ccc(-c2nn3c(-c4ccoc4C)nnc3s2)cc1. The zero-order valence-corrected chi connectivity index (χ0v) is 12.4. The number of fused-ring (bicyclic) bond motifs is 1. The van der Waals surface area contributed by atoms with E-state index in [1.165, 1.54) is 16.9 Å². The van der Waals surface area contributed by atoms with Crippen LogP contribution in [0.25, 0.3) is 26.9 Å². The van der Waals surface area contributed by atoms with Crippen LogP contribution in [-0.2, 0) is 0 Å². The fourth-order valence-corrected chi connectivity index (χ4v) is 3.06. The molecule has 104 valence electrons. The molecule has 0 fully saturated rings.